The van der Waals surface area contributed by atoms with E-state index in [9.17, 15) is 4.79 Å². The molecule has 2 aliphatic rings. The number of amides is 1. The molecule has 6 heteroatoms. The minimum absolute atomic E-state index is 0.0678. The molecule has 1 aliphatic heterocycles. The molecule has 0 spiro atoms. The number of nitrogens with two attached hydrogens (primary N) is 1. The Hall–Kier alpha value is -1.79. The quantitative estimate of drug-likeness (QED) is 0.827. The summed E-state index contributed by atoms with van der Waals surface area (Å²) < 4.78 is 15.9. The molecule has 1 aromatic rings. The second kappa shape index (κ2) is 7.40. The number of hydrogen-bond donors (Lipinski definition) is 2. The van der Waals surface area contributed by atoms with Crippen molar-refractivity contribution in [2.45, 2.75) is 43.6 Å². The van der Waals surface area contributed by atoms with Crippen LogP contribution in [0.15, 0.2) is 18.2 Å². The van der Waals surface area contributed by atoms with Crippen molar-refractivity contribution in [3.05, 3.63) is 23.8 Å². The van der Waals surface area contributed by atoms with Gasteiger partial charge in [0.1, 0.15) is 6.04 Å². The van der Waals surface area contributed by atoms with Crippen LogP contribution in [0.25, 0.3) is 0 Å². The van der Waals surface area contributed by atoms with Gasteiger partial charge in [-0.2, -0.15) is 0 Å². The molecule has 132 valence electrons. The van der Waals surface area contributed by atoms with E-state index in [0.717, 1.165) is 37.2 Å². The highest BCUT2D eigenvalue weighted by molar-refractivity contribution is 5.81. The van der Waals surface area contributed by atoms with Crippen LogP contribution >= 0.6 is 0 Å². The summed E-state index contributed by atoms with van der Waals surface area (Å²) in [5.74, 6) is 1.42. The highest BCUT2D eigenvalue weighted by Crippen LogP contribution is 2.43. The van der Waals surface area contributed by atoms with Gasteiger partial charge >= 0.3 is 0 Å². The zero-order chi connectivity index (χ0) is 17.0. The fourth-order valence-corrected chi connectivity index (χ4v) is 3.67. The predicted molar refractivity (Wildman–Crippen MR) is 90.2 cm³/mol. The molecule has 1 amide bonds. The van der Waals surface area contributed by atoms with Crippen molar-refractivity contribution in [1.29, 1.82) is 0 Å². The van der Waals surface area contributed by atoms with Crippen LogP contribution in [0.4, 0.5) is 0 Å². The molecule has 1 aliphatic carbocycles. The van der Waals surface area contributed by atoms with Crippen molar-refractivity contribution in [2.75, 3.05) is 27.1 Å². The van der Waals surface area contributed by atoms with Crippen LogP contribution in [0, 0.1) is 0 Å². The molecule has 0 radical (unpaired) electrons. The smallest absolute Gasteiger partial charge is 0.239 e. The average molecular weight is 334 g/mol. The van der Waals surface area contributed by atoms with Crippen molar-refractivity contribution in [3.63, 3.8) is 0 Å². The lowest BCUT2D eigenvalue weighted by atomic mass is 9.69. The molecule has 6 nitrogen and oxygen atoms in total. The first-order valence-corrected chi connectivity index (χ1v) is 8.57. The average Bonchev–Trinajstić information content (AvgIpc) is 3.08. The summed E-state index contributed by atoms with van der Waals surface area (Å²) in [6.07, 6.45) is 5.66. The number of hydrogen-bond acceptors (Lipinski definition) is 5. The molecule has 1 unspecified atom stereocenters. The van der Waals surface area contributed by atoms with Gasteiger partial charge in [0.2, 0.25) is 12.7 Å². The van der Waals surface area contributed by atoms with Gasteiger partial charge in [0.15, 0.2) is 11.5 Å². The van der Waals surface area contributed by atoms with Gasteiger partial charge in [-0.25, -0.2) is 0 Å². The maximum absolute atomic E-state index is 12.2. The van der Waals surface area contributed by atoms with Crippen molar-refractivity contribution in [3.8, 4) is 11.5 Å². The fourth-order valence-electron chi connectivity index (χ4n) is 3.67. The van der Waals surface area contributed by atoms with Gasteiger partial charge in [-0.1, -0.05) is 25.3 Å². The molecule has 1 aromatic carbocycles. The molecule has 0 saturated heterocycles. The lowest BCUT2D eigenvalue weighted by Gasteiger charge is -2.38. The molecule has 1 atom stereocenters. The number of carbonyl (C=O) groups excluding carboxylic acids is 1. The van der Waals surface area contributed by atoms with Crippen molar-refractivity contribution >= 4 is 5.91 Å². The summed E-state index contributed by atoms with van der Waals surface area (Å²) >= 11 is 0. The Morgan fingerprint density at radius 1 is 1.29 bits per heavy atom. The van der Waals surface area contributed by atoms with E-state index in [0.29, 0.717) is 6.54 Å². The summed E-state index contributed by atoms with van der Waals surface area (Å²) in [7, 11) is 1.54. The summed E-state index contributed by atoms with van der Waals surface area (Å²) in [5, 5.41) is 3.03. The number of rotatable bonds is 6. The Morgan fingerprint density at radius 3 is 2.79 bits per heavy atom. The second-order valence-corrected chi connectivity index (χ2v) is 6.69. The largest absolute Gasteiger partial charge is 0.454 e. The first-order valence-electron chi connectivity index (χ1n) is 8.57. The van der Waals surface area contributed by atoms with Gasteiger partial charge in [-0.05, 0) is 30.5 Å². The van der Waals surface area contributed by atoms with Crippen molar-refractivity contribution in [2.24, 2.45) is 5.73 Å². The highest BCUT2D eigenvalue weighted by Gasteiger charge is 2.35. The number of ether oxygens (including phenoxy) is 3. The van der Waals surface area contributed by atoms with Crippen LogP contribution in [0.3, 0.4) is 0 Å². The Bertz CT molecular complexity index is 584. The number of carbonyl (C=O) groups is 1. The van der Waals surface area contributed by atoms with Gasteiger partial charge in [0.25, 0.3) is 0 Å². The molecule has 1 fully saturated rings. The van der Waals surface area contributed by atoms with E-state index in [1.165, 1.54) is 12.0 Å². The lowest BCUT2D eigenvalue weighted by molar-refractivity contribution is -0.123. The third-order valence-electron chi connectivity index (χ3n) is 5.08. The molecule has 24 heavy (non-hydrogen) atoms. The normalized spacial score (nSPS) is 19.8. The van der Waals surface area contributed by atoms with Gasteiger partial charge in [0.05, 0.1) is 6.61 Å². The zero-order valence-electron chi connectivity index (χ0n) is 14.2. The Kier molecular flexibility index (Phi) is 5.26. The van der Waals surface area contributed by atoms with E-state index < -0.39 is 6.04 Å². The molecule has 0 bridgehead atoms. The number of methoxy groups -OCH3 is 1. The molecule has 3 N–H and O–H groups in total. The van der Waals surface area contributed by atoms with Gasteiger partial charge < -0.3 is 25.3 Å². The molecule has 1 saturated carbocycles. The third-order valence-corrected chi connectivity index (χ3v) is 5.08. The van der Waals surface area contributed by atoms with E-state index in [4.69, 9.17) is 19.9 Å². The first-order chi connectivity index (χ1) is 11.6. The van der Waals surface area contributed by atoms with Gasteiger partial charge in [-0.15, -0.1) is 0 Å². The minimum atomic E-state index is -0.632. The number of benzene rings is 1. The van der Waals surface area contributed by atoms with Gasteiger partial charge in [-0.3, -0.25) is 4.79 Å². The Morgan fingerprint density at radius 2 is 2.04 bits per heavy atom. The number of nitrogens with one attached hydrogen (secondary N) is 1. The van der Waals surface area contributed by atoms with E-state index >= 15 is 0 Å². The van der Waals surface area contributed by atoms with E-state index in [1.54, 1.807) is 7.11 Å². The van der Waals surface area contributed by atoms with Crippen LogP contribution < -0.4 is 20.5 Å². The van der Waals surface area contributed by atoms with Gasteiger partial charge in [0, 0.05) is 19.1 Å². The monoisotopic (exact) mass is 334 g/mol. The second-order valence-electron chi connectivity index (χ2n) is 6.69. The fraction of sp³-hybridized carbons (Fsp3) is 0.611. The highest BCUT2D eigenvalue weighted by atomic mass is 16.7. The topological polar surface area (TPSA) is 82.8 Å². The van der Waals surface area contributed by atoms with Crippen LogP contribution in [0.1, 0.15) is 37.7 Å². The summed E-state index contributed by atoms with van der Waals surface area (Å²) in [5.41, 5.74) is 6.96. The van der Waals surface area contributed by atoms with Crippen molar-refractivity contribution in [1.82, 2.24) is 5.32 Å². The molecule has 1 heterocycles. The summed E-state index contributed by atoms with van der Waals surface area (Å²) in [4.78, 5) is 12.2. The van der Waals surface area contributed by atoms with Crippen LogP contribution in [-0.4, -0.2) is 39.0 Å². The van der Waals surface area contributed by atoms with E-state index in [1.807, 2.05) is 6.07 Å². The number of fused-ring (bicyclic) bond motifs is 1. The maximum Gasteiger partial charge on any atom is 0.239 e. The first kappa shape index (κ1) is 17.0. The van der Waals surface area contributed by atoms with Crippen LogP contribution in [-0.2, 0) is 14.9 Å². The van der Waals surface area contributed by atoms with E-state index in [2.05, 4.69) is 17.4 Å². The zero-order valence-corrected chi connectivity index (χ0v) is 14.2. The Balaban J connectivity index is 1.76. The van der Waals surface area contributed by atoms with Crippen LogP contribution in [0.2, 0.25) is 0 Å². The third kappa shape index (κ3) is 3.49. The SMILES string of the molecule is COCC(N)C(=O)NCC1(c2ccc3c(c2)OCO3)CCCCC1. The molecular weight excluding hydrogens is 308 g/mol. The summed E-state index contributed by atoms with van der Waals surface area (Å²) in [6, 6.07) is 5.49. The standard InChI is InChI=1S/C18H26N2O4/c1-22-10-14(19)17(21)20-11-18(7-3-2-4-8-18)13-5-6-15-16(9-13)24-12-23-15/h5-6,9,14H,2-4,7-8,10-12,19H2,1H3,(H,20,21). The maximum atomic E-state index is 12.2. The lowest BCUT2D eigenvalue weighted by Crippen LogP contribution is -2.49. The minimum Gasteiger partial charge on any atom is -0.454 e. The van der Waals surface area contributed by atoms with Crippen LogP contribution in [0.5, 0.6) is 11.5 Å². The van der Waals surface area contributed by atoms with Crippen molar-refractivity contribution < 1.29 is 19.0 Å². The molecular formula is C18H26N2O4. The predicted octanol–water partition coefficient (Wildman–Crippen LogP) is 1.71. The molecule has 0 aromatic heterocycles. The molecule has 3 rings (SSSR count). The summed E-state index contributed by atoms with van der Waals surface area (Å²) in [6.45, 7) is 1.08. The Labute approximate surface area is 142 Å². The van der Waals surface area contributed by atoms with E-state index in [-0.39, 0.29) is 24.7 Å².